The SMILES string of the molecule is CN(C)S(=O)(=O)c1ccc2c(c1)nc(C(F)(F)F)n2CCC(=O)NC1CCCCC1. The van der Waals surface area contributed by atoms with Crippen LogP contribution in [0.15, 0.2) is 23.1 Å². The fourth-order valence-corrected chi connectivity index (χ4v) is 4.61. The van der Waals surface area contributed by atoms with Crippen LogP contribution in [0.4, 0.5) is 13.2 Å². The van der Waals surface area contributed by atoms with Gasteiger partial charge in [0.05, 0.1) is 15.9 Å². The van der Waals surface area contributed by atoms with Crippen molar-refractivity contribution in [3.63, 3.8) is 0 Å². The Morgan fingerprint density at radius 1 is 1.23 bits per heavy atom. The van der Waals surface area contributed by atoms with E-state index in [1.165, 1.54) is 26.2 Å². The van der Waals surface area contributed by atoms with Crippen LogP contribution in [0.3, 0.4) is 0 Å². The molecule has 1 saturated carbocycles. The second kappa shape index (κ2) is 8.54. The van der Waals surface area contributed by atoms with E-state index in [-0.39, 0.29) is 40.8 Å². The fourth-order valence-electron chi connectivity index (χ4n) is 3.68. The standard InChI is InChI=1S/C19H25F3N4O3S/c1-25(2)30(28,29)14-8-9-16-15(12-14)24-18(19(20,21)22)26(16)11-10-17(27)23-13-6-4-3-5-7-13/h8-9,12-13H,3-7,10-11H2,1-2H3,(H,23,27). The summed E-state index contributed by atoms with van der Waals surface area (Å²) in [6.45, 7) is -0.205. The van der Waals surface area contributed by atoms with Crippen LogP contribution in [0.2, 0.25) is 0 Å². The van der Waals surface area contributed by atoms with Gasteiger partial charge in [0.25, 0.3) is 0 Å². The molecule has 1 aliphatic carbocycles. The van der Waals surface area contributed by atoms with E-state index >= 15 is 0 Å². The topological polar surface area (TPSA) is 84.3 Å². The quantitative estimate of drug-likeness (QED) is 0.739. The zero-order valence-electron chi connectivity index (χ0n) is 16.9. The molecule has 166 valence electrons. The third-order valence-corrected chi connectivity index (χ3v) is 7.10. The number of carbonyl (C=O) groups excluding carboxylic acids is 1. The van der Waals surface area contributed by atoms with Gasteiger partial charge in [0.2, 0.25) is 21.8 Å². The molecule has 0 aliphatic heterocycles. The van der Waals surface area contributed by atoms with Crippen molar-refractivity contribution in [1.29, 1.82) is 0 Å². The second-order valence-corrected chi connectivity index (χ2v) is 9.83. The maximum atomic E-state index is 13.5. The van der Waals surface area contributed by atoms with E-state index in [2.05, 4.69) is 10.3 Å². The van der Waals surface area contributed by atoms with Gasteiger partial charge >= 0.3 is 6.18 Å². The van der Waals surface area contributed by atoms with Gasteiger partial charge in [-0.05, 0) is 31.0 Å². The highest BCUT2D eigenvalue weighted by Gasteiger charge is 2.38. The van der Waals surface area contributed by atoms with Gasteiger partial charge in [0.15, 0.2) is 0 Å². The molecule has 7 nitrogen and oxygen atoms in total. The summed E-state index contributed by atoms with van der Waals surface area (Å²) in [4.78, 5) is 15.7. The minimum absolute atomic E-state index is 0.0756. The molecule has 30 heavy (non-hydrogen) atoms. The van der Waals surface area contributed by atoms with E-state index < -0.39 is 22.0 Å². The van der Waals surface area contributed by atoms with E-state index in [1.54, 1.807) is 0 Å². The highest BCUT2D eigenvalue weighted by molar-refractivity contribution is 7.89. The first kappa shape index (κ1) is 22.5. The first-order valence-electron chi connectivity index (χ1n) is 9.79. The van der Waals surface area contributed by atoms with Crippen LogP contribution >= 0.6 is 0 Å². The van der Waals surface area contributed by atoms with Gasteiger partial charge < -0.3 is 9.88 Å². The van der Waals surface area contributed by atoms with Gasteiger partial charge in [0.1, 0.15) is 0 Å². The number of rotatable bonds is 6. The molecule has 1 amide bonds. The summed E-state index contributed by atoms with van der Waals surface area (Å²) in [6, 6.07) is 3.75. The van der Waals surface area contributed by atoms with E-state index in [0.29, 0.717) is 0 Å². The molecule has 2 aromatic rings. The number of halogens is 3. The number of carbonyl (C=O) groups is 1. The summed E-state index contributed by atoms with van der Waals surface area (Å²) in [5.41, 5.74) is 0.0448. The monoisotopic (exact) mass is 446 g/mol. The Hall–Kier alpha value is -2.14. The van der Waals surface area contributed by atoms with E-state index in [9.17, 15) is 26.4 Å². The lowest BCUT2D eigenvalue weighted by Crippen LogP contribution is -2.36. The molecular weight excluding hydrogens is 421 g/mol. The lowest BCUT2D eigenvalue weighted by atomic mass is 9.95. The van der Waals surface area contributed by atoms with Crippen LogP contribution in [0, 0.1) is 0 Å². The maximum Gasteiger partial charge on any atom is 0.449 e. The Morgan fingerprint density at radius 2 is 1.90 bits per heavy atom. The number of hydrogen-bond acceptors (Lipinski definition) is 4. The molecule has 11 heteroatoms. The van der Waals surface area contributed by atoms with Gasteiger partial charge in [-0.3, -0.25) is 4.79 Å². The summed E-state index contributed by atoms with van der Waals surface area (Å²) >= 11 is 0. The summed E-state index contributed by atoms with van der Waals surface area (Å²) in [5, 5.41) is 2.89. The lowest BCUT2D eigenvalue weighted by molar-refractivity contribution is -0.147. The third-order valence-electron chi connectivity index (χ3n) is 5.28. The average molecular weight is 446 g/mol. The molecule has 1 aromatic heterocycles. The lowest BCUT2D eigenvalue weighted by Gasteiger charge is -2.23. The summed E-state index contributed by atoms with van der Waals surface area (Å²) in [5.74, 6) is -1.45. The number of benzene rings is 1. The van der Waals surface area contributed by atoms with Gasteiger partial charge in [-0.2, -0.15) is 13.2 Å². The highest BCUT2D eigenvalue weighted by Crippen LogP contribution is 2.32. The number of hydrogen-bond donors (Lipinski definition) is 1. The summed E-state index contributed by atoms with van der Waals surface area (Å²) in [6.07, 6.45) is 0.116. The third kappa shape index (κ3) is 4.77. The second-order valence-electron chi connectivity index (χ2n) is 7.68. The Bertz CT molecular complexity index is 1030. The van der Waals surface area contributed by atoms with Gasteiger partial charge in [-0.15, -0.1) is 0 Å². The fraction of sp³-hybridized carbons (Fsp3) is 0.579. The first-order chi connectivity index (χ1) is 14.0. The van der Waals surface area contributed by atoms with E-state index in [0.717, 1.165) is 47.0 Å². The van der Waals surface area contributed by atoms with Gasteiger partial charge in [0, 0.05) is 33.1 Å². The summed E-state index contributed by atoms with van der Waals surface area (Å²) < 4.78 is 67.1. The molecule has 3 rings (SSSR count). The minimum Gasteiger partial charge on any atom is -0.353 e. The Morgan fingerprint density at radius 3 is 2.50 bits per heavy atom. The van der Waals surface area contributed by atoms with Crippen LogP contribution in [-0.2, 0) is 27.5 Å². The molecule has 0 radical (unpaired) electrons. The number of amides is 1. The number of aryl methyl sites for hydroxylation is 1. The van der Waals surface area contributed by atoms with Crippen molar-refractivity contribution >= 4 is 27.0 Å². The molecule has 1 aliphatic rings. The van der Waals surface area contributed by atoms with Crippen LogP contribution in [0.25, 0.3) is 11.0 Å². The van der Waals surface area contributed by atoms with Crippen LogP contribution in [0.1, 0.15) is 44.3 Å². The molecule has 0 spiro atoms. The number of imidazole rings is 1. The average Bonchev–Trinajstić information content (AvgIpc) is 3.05. The van der Waals surface area contributed by atoms with Crippen molar-refractivity contribution in [3.05, 3.63) is 24.0 Å². The van der Waals surface area contributed by atoms with Crippen molar-refractivity contribution in [2.24, 2.45) is 0 Å². The zero-order chi connectivity index (χ0) is 22.1. The molecule has 0 unspecified atom stereocenters. The molecule has 0 bridgehead atoms. The molecular formula is C19H25F3N4O3S. The predicted molar refractivity (Wildman–Crippen MR) is 105 cm³/mol. The van der Waals surface area contributed by atoms with Crippen molar-refractivity contribution in [1.82, 2.24) is 19.2 Å². The van der Waals surface area contributed by atoms with Gasteiger partial charge in [-0.25, -0.2) is 17.7 Å². The Labute approximate surface area is 173 Å². The number of nitrogens with zero attached hydrogens (tertiary/aromatic N) is 3. The smallest absolute Gasteiger partial charge is 0.353 e. The van der Waals surface area contributed by atoms with Crippen molar-refractivity contribution < 1.29 is 26.4 Å². The number of nitrogens with one attached hydrogen (secondary N) is 1. The van der Waals surface area contributed by atoms with Crippen molar-refractivity contribution in [2.45, 2.75) is 62.2 Å². The molecule has 1 fully saturated rings. The Balaban J connectivity index is 1.87. The molecule has 0 atom stereocenters. The normalized spacial score (nSPS) is 16.3. The number of aromatic nitrogens is 2. The molecule has 1 heterocycles. The molecule has 1 N–H and O–H groups in total. The Kier molecular flexibility index (Phi) is 6.42. The largest absolute Gasteiger partial charge is 0.449 e. The van der Waals surface area contributed by atoms with Crippen LogP contribution in [-0.4, -0.2) is 48.3 Å². The number of alkyl halides is 3. The van der Waals surface area contributed by atoms with Crippen LogP contribution in [0.5, 0.6) is 0 Å². The molecule has 1 aromatic carbocycles. The van der Waals surface area contributed by atoms with Crippen molar-refractivity contribution in [3.8, 4) is 0 Å². The maximum absolute atomic E-state index is 13.5. The van der Waals surface area contributed by atoms with Crippen LogP contribution < -0.4 is 5.32 Å². The van der Waals surface area contributed by atoms with Gasteiger partial charge in [-0.1, -0.05) is 19.3 Å². The highest BCUT2D eigenvalue weighted by atomic mass is 32.2. The first-order valence-corrected chi connectivity index (χ1v) is 11.2. The predicted octanol–water partition coefficient (Wildman–Crippen LogP) is 3.14. The van der Waals surface area contributed by atoms with E-state index in [4.69, 9.17) is 0 Å². The number of sulfonamides is 1. The molecule has 0 saturated heterocycles. The number of fused-ring (bicyclic) bond motifs is 1. The zero-order valence-corrected chi connectivity index (χ0v) is 17.7. The minimum atomic E-state index is -4.74. The van der Waals surface area contributed by atoms with Crippen molar-refractivity contribution in [2.75, 3.05) is 14.1 Å². The summed E-state index contributed by atoms with van der Waals surface area (Å²) in [7, 11) is -1.14. The van der Waals surface area contributed by atoms with E-state index in [1.807, 2.05) is 0 Å².